The summed E-state index contributed by atoms with van der Waals surface area (Å²) in [6.45, 7) is 3.13. The van der Waals surface area contributed by atoms with Gasteiger partial charge >= 0.3 is 5.97 Å². The number of anilines is 1. The van der Waals surface area contributed by atoms with Crippen LogP contribution in [0.4, 0.5) is 10.1 Å². The van der Waals surface area contributed by atoms with E-state index in [9.17, 15) is 9.18 Å². The highest BCUT2D eigenvalue weighted by Crippen LogP contribution is 2.30. The quantitative estimate of drug-likeness (QED) is 0.854. The van der Waals surface area contributed by atoms with E-state index >= 15 is 0 Å². The molecule has 1 saturated heterocycles. The predicted octanol–water partition coefficient (Wildman–Crippen LogP) is 3.27. The Hall–Kier alpha value is -1.14. The Morgan fingerprint density at radius 3 is 2.75 bits per heavy atom. The van der Waals surface area contributed by atoms with Gasteiger partial charge in [-0.2, -0.15) is 0 Å². The first kappa shape index (κ1) is 15.3. The van der Waals surface area contributed by atoms with Gasteiger partial charge in [-0.3, -0.25) is 0 Å². The Morgan fingerprint density at radius 2 is 2.15 bits per heavy atom. The van der Waals surface area contributed by atoms with Crippen LogP contribution >= 0.6 is 15.9 Å². The zero-order valence-electron chi connectivity index (χ0n) is 11.5. The molecule has 0 unspecified atom stereocenters. The average molecular weight is 346 g/mol. The normalized spacial score (nSPS) is 16.0. The Labute approximate surface area is 125 Å². The average Bonchev–Trinajstić information content (AvgIpc) is 2.45. The molecule has 0 bridgehead atoms. The molecule has 1 aromatic carbocycles. The van der Waals surface area contributed by atoms with Crippen molar-refractivity contribution in [3.63, 3.8) is 0 Å². The van der Waals surface area contributed by atoms with Crippen molar-refractivity contribution in [2.24, 2.45) is 0 Å². The van der Waals surface area contributed by atoms with Crippen molar-refractivity contribution < 1.29 is 18.7 Å². The summed E-state index contributed by atoms with van der Waals surface area (Å²) in [6, 6.07) is 1.93. The van der Waals surface area contributed by atoms with Crippen molar-refractivity contribution in [2.75, 3.05) is 25.6 Å². The predicted molar refractivity (Wildman–Crippen MR) is 77.6 cm³/mol. The van der Waals surface area contributed by atoms with E-state index in [-0.39, 0.29) is 16.1 Å². The topological polar surface area (TPSA) is 47.6 Å². The second-order valence-electron chi connectivity index (χ2n) is 4.74. The van der Waals surface area contributed by atoms with Crippen LogP contribution in [0.1, 0.15) is 28.8 Å². The molecular formula is C14H17BrFNO3. The van der Waals surface area contributed by atoms with E-state index in [4.69, 9.17) is 4.74 Å². The van der Waals surface area contributed by atoms with Crippen molar-refractivity contribution >= 4 is 27.6 Å². The second-order valence-corrected chi connectivity index (χ2v) is 5.60. The maximum Gasteiger partial charge on any atom is 0.341 e. The SMILES string of the molecule is COC(=O)c1c(C)c(NC2CCOCC2)cc(Br)c1F. The number of methoxy groups -OCH3 is 1. The molecule has 0 amide bonds. The van der Waals surface area contributed by atoms with E-state index < -0.39 is 11.8 Å². The van der Waals surface area contributed by atoms with E-state index in [1.807, 2.05) is 0 Å². The molecule has 1 N–H and O–H groups in total. The lowest BCUT2D eigenvalue weighted by atomic mass is 10.0. The van der Waals surface area contributed by atoms with Gasteiger partial charge in [0.15, 0.2) is 5.82 Å². The highest BCUT2D eigenvalue weighted by molar-refractivity contribution is 9.10. The third kappa shape index (κ3) is 3.12. The van der Waals surface area contributed by atoms with Crippen molar-refractivity contribution in [2.45, 2.75) is 25.8 Å². The van der Waals surface area contributed by atoms with Crippen LogP contribution in [-0.2, 0) is 9.47 Å². The van der Waals surface area contributed by atoms with Crippen molar-refractivity contribution in [1.82, 2.24) is 0 Å². The maximum atomic E-state index is 14.1. The molecule has 6 heteroatoms. The number of esters is 1. The monoisotopic (exact) mass is 345 g/mol. The van der Waals surface area contributed by atoms with E-state index in [1.165, 1.54) is 7.11 Å². The minimum Gasteiger partial charge on any atom is -0.465 e. The van der Waals surface area contributed by atoms with Crippen LogP contribution in [0.2, 0.25) is 0 Å². The molecule has 110 valence electrons. The molecular weight excluding hydrogens is 329 g/mol. The number of hydrogen-bond donors (Lipinski definition) is 1. The van der Waals surface area contributed by atoms with E-state index in [0.29, 0.717) is 18.8 Å². The molecule has 1 aliphatic rings. The second kappa shape index (κ2) is 6.54. The number of halogens is 2. The summed E-state index contributed by atoms with van der Waals surface area (Å²) in [4.78, 5) is 11.7. The number of carbonyl (C=O) groups is 1. The van der Waals surface area contributed by atoms with Crippen molar-refractivity contribution in [3.8, 4) is 0 Å². The first-order chi connectivity index (χ1) is 9.54. The molecule has 1 aliphatic heterocycles. The lowest BCUT2D eigenvalue weighted by Gasteiger charge is -2.25. The van der Waals surface area contributed by atoms with Gasteiger partial charge in [0.05, 0.1) is 11.6 Å². The summed E-state index contributed by atoms with van der Waals surface area (Å²) in [5.41, 5.74) is 1.27. The number of ether oxygens (including phenoxy) is 2. The van der Waals surface area contributed by atoms with Crippen LogP contribution in [0, 0.1) is 12.7 Å². The van der Waals surface area contributed by atoms with Gasteiger partial charge in [0.2, 0.25) is 0 Å². The van der Waals surface area contributed by atoms with Gasteiger partial charge < -0.3 is 14.8 Å². The van der Waals surface area contributed by atoms with Crippen molar-refractivity contribution in [3.05, 3.63) is 27.5 Å². The molecule has 1 heterocycles. The van der Waals surface area contributed by atoms with E-state index in [0.717, 1.165) is 18.5 Å². The molecule has 0 aromatic heterocycles. The van der Waals surface area contributed by atoms with E-state index in [1.54, 1.807) is 13.0 Å². The maximum absolute atomic E-state index is 14.1. The highest BCUT2D eigenvalue weighted by Gasteiger charge is 2.23. The van der Waals surface area contributed by atoms with Crippen LogP contribution < -0.4 is 5.32 Å². The van der Waals surface area contributed by atoms with Crippen LogP contribution in [0.25, 0.3) is 0 Å². The first-order valence-corrected chi connectivity index (χ1v) is 7.25. The molecule has 1 fully saturated rings. The smallest absolute Gasteiger partial charge is 0.341 e. The number of hydrogen-bond acceptors (Lipinski definition) is 4. The number of rotatable bonds is 3. The molecule has 1 aromatic rings. The van der Waals surface area contributed by atoms with Gasteiger partial charge in [-0.25, -0.2) is 9.18 Å². The third-order valence-electron chi connectivity index (χ3n) is 3.45. The largest absolute Gasteiger partial charge is 0.465 e. The lowest BCUT2D eigenvalue weighted by Crippen LogP contribution is -2.28. The fraction of sp³-hybridized carbons (Fsp3) is 0.500. The third-order valence-corrected chi connectivity index (χ3v) is 4.03. The molecule has 0 saturated carbocycles. The summed E-state index contributed by atoms with van der Waals surface area (Å²) < 4.78 is 24.3. The van der Waals surface area contributed by atoms with Gasteiger partial charge in [0, 0.05) is 24.9 Å². The van der Waals surface area contributed by atoms with Crippen LogP contribution in [0.15, 0.2) is 10.5 Å². The fourth-order valence-corrected chi connectivity index (χ4v) is 2.70. The number of nitrogens with one attached hydrogen (secondary N) is 1. The van der Waals surface area contributed by atoms with Gasteiger partial charge in [0.25, 0.3) is 0 Å². The lowest BCUT2D eigenvalue weighted by molar-refractivity contribution is 0.0594. The molecule has 0 spiro atoms. The molecule has 4 nitrogen and oxygen atoms in total. The summed E-state index contributed by atoms with van der Waals surface area (Å²) >= 11 is 3.15. The molecule has 0 aliphatic carbocycles. The van der Waals surface area contributed by atoms with Crippen molar-refractivity contribution in [1.29, 1.82) is 0 Å². The number of carbonyl (C=O) groups excluding carboxylic acids is 1. The van der Waals surface area contributed by atoms with Gasteiger partial charge in [-0.1, -0.05) is 0 Å². The summed E-state index contributed by atoms with van der Waals surface area (Å²) in [7, 11) is 1.24. The Balaban J connectivity index is 2.33. The van der Waals surface area contributed by atoms with Crippen LogP contribution in [0.5, 0.6) is 0 Å². The minimum atomic E-state index is -0.670. The summed E-state index contributed by atoms with van der Waals surface area (Å²) in [6.07, 6.45) is 1.78. The standard InChI is InChI=1S/C14H17BrFNO3/c1-8-11(17-9-3-5-20-6-4-9)7-10(15)13(16)12(8)14(18)19-2/h7,9,17H,3-6H2,1-2H3. The Morgan fingerprint density at radius 1 is 1.50 bits per heavy atom. The summed E-state index contributed by atoms with van der Waals surface area (Å²) in [5, 5.41) is 3.35. The summed E-state index contributed by atoms with van der Waals surface area (Å²) in [5.74, 6) is -1.26. The van der Waals surface area contributed by atoms with E-state index in [2.05, 4.69) is 26.0 Å². The Kier molecular flexibility index (Phi) is 4.99. The van der Waals surface area contributed by atoms with Gasteiger partial charge in [0.1, 0.15) is 5.56 Å². The molecule has 0 atom stereocenters. The zero-order chi connectivity index (χ0) is 14.7. The van der Waals surface area contributed by atoms with Gasteiger partial charge in [-0.05, 0) is 47.3 Å². The highest BCUT2D eigenvalue weighted by atomic mass is 79.9. The molecule has 20 heavy (non-hydrogen) atoms. The molecule has 0 radical (unpaired) electrons. The first-order valence-electron chi connectivity index (χ1n) is 6.45. The molecule has 2 rings (SSSR count). The van der Waals surface area contributed by atoms with Crippen LogP contribution in [-0.4, -0.2) is 32.3 Å². The fourth-order valence-electron chi connectivity index (χ4n) is 2.27. The van der Waals surface area contributed by atoms with Gasteiger partial charge in [-0.15, -0.1) is 0 Å². The number of benzene rings is 1. The zero-order valence-corrected chi connectivity index (χ0v) is 13.0. The minimum absolute atomic E-state index is 0.0311. The Bertz CT molecular complexity index is 516. The van der Waals surface area contributed by atoms with Crippen LogP contribution in [0.3, 0.4) is 0 Å².